The molecule has 1 fully saturated rings. The standard InChI is InChI=1S/C26H22F2N4O2S/c27-13-19(14-28)31-35(33,34)21-9-11-24(30-16-21)26-23(15-29)22-10-8-18(17-6-7-17)12-25(22)32(26)20-4-2-1-3-5-20/h1-5,8-12,16-17,19,31H,6-7,13-14H2. The maximum Gasteiger partial charge on any atom is 0.242 e. The number of rotatable bonds is 8. The number of aromatic nitrogens is 2. The molecule has 9 heteroatoms. The van der Waals surface area contributed by atoms with E-state index in [2.05, 4.69) is 23.2 Å². The number of halogens is 2. The molecule has 1 aliphatic carbocycles. The molecule has 5 rings (SSSR count). The van der Waals surface area contributed by atoms with Crippen LogP contribution in [-0.4, -0.2) is 37.4 Å². The first-order valence-corrected chi connectivity index (χ1v) is 12.7. The van der Waals surface area contributed by atoms with Crippen molar-refractivity contribution < 1.29 is 17.2 Å². The molecular weight excluding hydrogens is 470 g/mol. The van der Waals surface area contributed by atoms with Gasteiger partial charge in [-0.1, -0.05) is 30.3 Å². The SMILES string of the molecule is N#Cc1c(-c2ccc(S(=O)(=O)NC(CF)CF)cn2)n(-c2ccccc2)c2cc(C3CC3)ccc12. The third-order valence-corrected chi connectivity index (χ3v) is 7.66. The molecule has 35 heavy (non-hydrogen) atoms. The Balaban J connectivity index is 1.67. The van der Waals surface area contributed by atoms with Gasteiger partial charge in [-0.2, -0.15) is 5.26 Å². The maximum absolute atomic E-state index is 12.8. The van der Waals surface area contributed by atoms with E-state index in [1.165, 1.54) is 17.7 Å². The summed E-state index contributed by atoms with van der Waals surface area (Å²) in [5.41, 5.74) is 4.32. The summed E-state index contributed by atoms with van der Waals surface area (Å²) in [5.74, 6) is 0.528. The van der Waals surface area contributed by atoms with Gasteiger partial charge in [0.2, 0.25) is 10.0 Å². The average Bonchev–Trinajstić information content (AvgIpc) is 3.69. The summed E-state index contributed by atoms with van der Waals surface area (Å²) in [7, 11) is -4.16. The Morgan fingerprint density at radius 3 is 2.43 bits per heavy atom. The fourth-order valence-corrected chi connectivity index (χ4v) is 5.39. The van der Waals surface area contributed by atoms with Gasteiger partial charge in [-0.15, -0.1) is 0 Å². The van der Waals surface area contributed by atoms with E-state index in [0.29, 0.717) is 22.9 Å². The molecule has 4 aromatic rings. The molecule has 1 saturated carbocycles. The molecule has 0 saturated heterocycles. The van der Waals surface area contributed by atoms with Gasteiger partial charge < -0.3 is 4.57 Å². The number of hydrogen-bond donors (Lipinski definition) is 1. The van der Waals surface area contributed by atoms with Crippen LogP contribution in [0.3, 0.4) is 0 Å². The highest BCUT2D eigenvalue weighted by Crippen LogP contribution is 2.43. The smallest absolute Gasteiger partial charge is 0.242 e. The summed E-state index contributed by atoms with van der Waals surface area (Å²) in [6.07, 6.45) is 3.42. The van der Waals surface area contributed by atoms with Crippen molar-refractivity contribution in [2.45, 2.75) is 29.7 Å². The number of hydrogen-bond acceptors (Lipinski definition) is 4. The van der Waals surface area contributed by atoms with Crippen LogP contribution in [0.5, 0.6) is 0 Å². The van der Waals surface area contributed by atoms with Crippen LogP contribution in [0.1, 0.15) is 29.9 Å². The topological polar surface area (TPSA) is 87.8 Å². The van der Waals surface area contributed by atoms with Crippen LogP contribution in [0.25, 0.3) is 28.0 Å². The lowest BCUT2D eigenvalue weighted by Gasteiger charge is -2.13. The van der Waals surface area contributed by atoms with Crippen molar-refractivity contribution in [3.8, 4) is 23.1 Å². The normalized spacial score (nSPS) is 13.9. The molecular formula is C26H22F2N4O2S. The van der Waals surface area contributed by atoms with Gasteiger partial charge in [0.15, 0.2) is 0 Å². The molecule has 0 radical (unpaired) electrons. The van der Waals surface area contributed by atoms with E-state index in [1.54, 1.807) is 0 Å². The molecule has 1 aliphatic rings. The number of alkyl halides is 2. The molecule has 2 heterocycles. The van der Waals surface area contributed by atoms with Crippen LogP contribution in [0.2, 0.25) is 0 Å². The number of nitrogens with zero attached hydrogens (tertiary/aromatic N) is 3. The molecule has 0 bridgehead atoms. The summed E-state index contributed by atoms with van der Waals surface area (Å²) in [4.78, 5) is 4.14. The summed E-state index contributed by atoms with van der Waals surface area (Å²) >= 11 is 0. The number of sulfonamides is 1. The Kier molecular flexibility index (Phi) is 6.09. The lowest BCUT2D eigenvalue weighted by molar-refractivity contribution is 0.334. The summed E-state index contributed by atoms with van der Waals surface area (Å²) in [6.45, 7) is -2.32. The lowest BCUT2D eigenvalue weighted by Crippen LogP contribution is -2.37. The van der Waals surface area contributed by atoms with Gasteiger partial charge in [0.05, 0.1) is 28.5 Å². The zero-order valence-electron chi connectivity index (χ0n) is 18.7. The molecule has 0 amide bonds. The zero-order valence-corrected chi connectivity index (χ0v) is 19.5. The van der Waals surface area contributed by atoms with Gasteiger partial charge in [0.1, 0.15) is 24.3 Å². The van der Waals surface area contributed by atoms with E-state index in [0.717, 1.165) is 35.6 Å². The van der Waals surface area contributed by atoms with Crippen molar-refractivity contribution in [3.63, 3.8) is 0 Å². The summed E-state index contributed by atoms with van der Waals surface area (Å²) in [6, 6.07) is 19.4. The average molecular weight is 493 g/mol. The lowest BCUT2D eigenvalue weighted by atomic mass is 10.1. The summed E-state index contributed by atoms with van der Waals surface area (Å²) < 4.78 is 54.7. The van der Waals surface area contributed by atoms with Crippen molar-refractivity contribution in [3.05, 3.63) is 78.0 Å². The van der Waals surface area contributed by atoms with Crippen LogP contribution >= 0.6 is 0 Å². The minimum Gasteiger partial charge on any atom is -0.307 e. The van der Waals surface area contributed by atoms with E-state index < -0.39 is 29.4 Å². The first-order valence-electron chi connectivity index (χ1n) is 11.2. The van der Waals surface area contributed by atoms with Crippen molar-refractivity contribution in [1.29, 1.82) is 5.26 Å². The van der Waals surface area contributed by atoms with Crippen LogP contribution in [0, 0.1) is 11.3 Å². The fraction of sp³-hybridized carbons (Fsp3) is 0.231. The second kappa shape index (κ2) is 9.21. The number of para-hydroxylation sites is 1. The third-order valence-electron chi connectivity index (χ3n) is 6.15. The molecule has 1 N–H and O–H groups in total. The molecule has 0 aliphatic heterocycles. The fourth-order valence-electron chi connectivity index (χ4n) is 4.25. The van der Waals surface area contributed by atoms with E-state index in [9.17, 15) is 22.5 Å². The maximum atomic E-state index is 12.8. The molecule has 0 unspecified atom stereocenters. The van der Waals surface area contributed by atoms with Gasteiger partial charge in [0.25, 0.3) is 0 Å². The van der Waals surface area contributed by atoms with E-state index in [4.69, 9.17) is 0 Å². The molecule has 2 aromatic heterocycles. The van der Waals surface area contributed by atoms with E-state index in [-0.39, 0.29) is 4.90 Å². The number of benzene rings is 2. The van der Waals surface area contributed by atoms with Crippen LogP contribution in [0.4, 0.5) is 8.78 Å². The second-order valence-corrected chi connectivity index (χ2v) is 10.3. The first-order chi connectivity index (χ1) is 17.0. The zero-order chi connectivity index (χ0) is 24.6. The highest BCUT2D eigenvalue weighted by atomic mass is 32.2. The quantitative estimate of drug-likeness (QED) is 0.374. The highest BCUT2D eigenvalue weighted by molar-refractivity contribution is 7.89. The Labute approximate surface area is 201 Å². The predicted octanol–water partition coefficient (Wildman–Crippen LogP) is 5.03. The summed E-state index contributed by atoms with van der Waals surface area (Å²) in [5, 5.41) is 10.9. The number of fused-ring (bicyclic) bond motifs is 1. The van der Waals surface area contributed by atoms with Crippen molar-refractivity contribution in [2.75, 3.05) is 13.3 Å². The number of nitrogens with one attached hydrogen (secondary N) is 1. The Hall–Kier alpha value is -3.61. The molecule has 0 spiro atoms. The van der Waals surface area contributed by atoms with Gasteiger partial charge >= 0.3 is 0 Å². The van der Waals surface area contributed by atoms with Crippen LogP contribution < -0.4 is 4.72 Å². The van der Waals surface area contributed by atoms with Crippen molar-refractivity contribution in [1.82, 2.24) is 14.3 Å². The predicted molar refractivity (Wildman–Crippen MR) is 129 cm³/mol. The highest BCUT2D eigenvalue weighted by Gasteiger charge is 2.27. The van der Waals surface area contributed by atoms with Crippen molar-refractivity contribution >= 4 is 20.9 Å². The monoisotopic (exact) mass is 492 g/mol. The molecule has 2 aromatic carbocycles. The third kappa shape index (κ3) is 4.31. The first kappa shape index (κ1) is 23.1. The van der Waals surface area contributed by atoms with Crippen LogP contribution in [0.15, 0.2) is 71.8 Å². The Bertz CT molecular complexity index is 1520. The Morgan fingerprint density at radius 2 is 1.83 bits per heavy atom. The van der Waals surface area contributed by atoms with Crippen LogP contribution in [-0.2, 0) is 10.0 Å². The van der Waals surface area contributed by atoms with Gasteiger partial charge in [-0.3, -0.25) is 4.98 Å². The van der Waals surface area contributed by atoms with Crippen molar-refractivity contribution in [2.24, 2.45) is 0 Å². The number of nitriles is 1. The van der Waals surface area contributed by atoms with Gasteiger partial charge in [-0.05, 0) is 54.7 Å². The Morgan fingerprint density at radius 1 is 1.09 bits per heavy atom. The van der Waals surface area contributed by atoms with E-state index in [1.807, 2.05) is 45.7 Å². The largest absolute Gasteiger partial charge is 0.307 e. The molecule has 178 valence electrons. The van der Waals surface area contributed by atoms with Gasteiger partial charge in [-0.25, -0.2) is 21.9 Å². The molecule has 6 nitrogen and oxygen atoms in total. The second-order valence-electron chi connectivity index (χ2n) is 8.56. The van der Waals surface area contributed by atoms with Gasteiger partial charge in [0, 0.05) is 17.3 Å². The minimum absolute atomic E-state index is 0.218. The van der Waals surface area contributed by atoms with E-state index >= 15 is 0 Å². The number of pyridine rings is 1. The molecule has 0 atom stereocenters. The minimum atomic E-state index is -4.16.